The average molecular weight is 306 g/mol. The van der Waals surface area contributed by atoms with Gasteiger partial charge in [0, 0.05) is 30.6 Å². The van der Waals surface area contributed by atoms with Gasteiger partial charge in [0.05, 0.1) is 5.92 Å². The molecule has 2 atom stereocenters. The standard InChI is InChI=1S/C14H21F3N2S/c1-11(13-5-3-9-20-13)18-6-8-19-7-2-4-12(10-19)14(15,16)17/h3,5,9,11-12,18H,2,4,6-8,10H2,1H3. The van der Waals surface area contributed by atoms with Gasteiger partial charge in [0.15, 0.2) is 0 Å². The summed E-state index contributed by atoms with van der Waals surface area (Å²) in [7, 11) is 0. The highest BCUT2D eigenvalue weighted by Gasteiger charge is 2.41. The molecule has 0 spiro atoms. The maximum atomic E-state index is 12.7. The van der Waals surface area contributed by atoms with E-state index in [4.69, 9.17) is 0 Å². The second-order valence-electron chi connectivity index (χ2n) is 5.37. The molecule has 1 aliphatic rings. The Morgan fingerprint density at radius 3 is 2.95 bits per heavy atom. The molecule has 0 bridgehead atoms. The van der Waals surface area contributed by atoms with E-state index in [1.54, 1.807) is 11.3 Å². The number of likely N-dealkylation sites (tertiary alicyclic amines) is 1. The molecule has 0 amide bonds. The Morgan fingerprint density at radius 2 is 2.30 bits per heavy atom. The minimum absolute atomic E-state index is 0.151. The average Bonchev–Trinajstić information content (AvgIpc) is 2.92. The summed E-state index contributed by atoms with van der Waals surface area (Å²) >= 11 is 1.70. The summed E-state index contributed by atoms with van der Waals surface area (Å²) in [4.78, 5) is 3.19. The maximum absolute atomic E-state index is 12.7. The van der Waals surface area contributed by atoms with Crippen LogP contribution in [-0.4, -0.2) is 37.3 Å². The highest BCUT2D eigenvalue weighted by atomic mass is 32.1. The third-order valence-corrected chi connectivity index (χ3v) is 4.87. The molecule has 1 aromatic heterocycles. The molecule has 6 heteroatoms. The van der Waals surface area contributed by atoms with Crippen LogP contribution >= 0.6 is 11.3 Å². The van der Waals surface area contributed by atoms with E-state index in [0.717, 1.165) is 13.1 Å². The smallest absolute Gasteiger partial charge is 0.308 e. The van der Waals surface area contributed by atoms with Gasteiger partial charge in [0.1, 0.15) is 0 Å². The van der Waals surface area contributed by atoms with Crippen molar-refractivity contribution < 1.29 is 13.2 Å². The van der Waals surface area contributed by atoms with Gasteiger partial charge in [-0.25, -0.2) is 0 Å². The fourth-order valence-electron chi connectivity index (χ4n) is 2.60. The van der Waals surface area contributed by atoms with Crippen LogP contribution in [0.4, 0.5) is 13.2 Å². The number of hydrogen-bond donors (Lipinski definition) is 1. The zero-order valence-electron chi connectivity index (χ0n) is 11.6. The van der Waals surface area contributed by atoms with Crippen LogP contribution in [0.5, 0.6) is 0 Å². The lowest BCUT2D eigenvalue weighted by molar-refractivity contribution is -0.186. The molecule has 1 saturated heterocycles. The van der Waals surface area contributed by atoms with E-state index in [-0.39, 0.29) is 19.0 Å². The van der Waals surface area contributed by atoms with Crippen LogP contribution in [0, 0.1) is 5.92 Å². The van der Waals surface area contributed by atoms with Gasteiger partial charge in [-0.3, -0.25) is 0 Å². The fraction of sp³-hybridized carbons (Fsp3) is 0.714. The summed E-state index contributed by atoms with van der Waals surface area (Å²) in [5.74, 6) is -1.15. The van der Waals surface area contributed by atoms with Crippen LogP contribution in [0.2, 0.25) is 0 Å². The number of halogens is 3. The summed E-state index contributed by atoms with van der Waals surface area (Å²) in [6, 6.07) is 4.35. The molecule has 114 valence electrons. The van der Waals surface area contributed by atoms with E-state index < -0.39 is 12.1 Å². The lowest BCUT2D eigenvalue weighted by Gasteiger charge is -2.33. The first kappa shape index (κ1) is 15.8. The van der Waals surface area contributed by atoms with Crippen molar-refractivity contribution in [3.8, 4) is 0 Å². The Morgan fingerprint density at radius 1 is 1.50 bits per heavy atom. The van der Waals surface area contributed by atoms with Gasteiger partial charge >= 0.3 is 6.18 Å². The molecule has 2 unspecified atom stereocenters. The molecule has 0 aliphatic carbocycles. The van der Waals surface area contributed by atoms with Crippen molar-refractivity contribution >= 4 is 11.3 Å². The molecule has 0 saturated carbocycles. The van der Waals surface area contributed by atoms with Crippen molar-refractivity contribution in [3.63, 3.8) is 0 Å². The summed E-state index contributed by atoms with van der Waals surface area (Å²) in [6.07, 6.45) is -3.12. The molecule has 1 aliphatic heterocycles. The van der Waals surface area contributed by atoms with Crippen molar-refractivity contribution in [2.75, 3.05) is 26.2 Å². The SMILES string of the molecule is CC(NCCN1CCCC(C(F)(F)F)C1)c1cccs1. The Kier molecular flexibility index (Phi) is 5.46. The number of thiophene rings is 1. The highest BCUT2D eigenvalue weighted by Crippen LogP contribution is 2.32. The second-order valence-corrected chi connectivity index (χ2v) is 6.35. The molecule has 2 rings (SSSR count). The number of piperidine rings is 1. The zero-order valence-corrected chi connectivity index (χ0v) is 12.4. The number of rotatable bonds is 5. The van der Waals surface area contributed by atoms with Crippen LogP contribution in [0.15, 0.2) is 17.5 Å². The van der Waals surface area contributed by atoms with Crippen molar-refractivity contribution in [3.05, 3.63) is 22.4 Å². The van der Waals surface area contributed by atoms with Gasteiger partial charge in [-0.1, -0.05) is 6.07 Å². The van der Waals surface area contributed by atoms with Gasteiger partial charge in [-0.2, -0.15) is 13.2 Å². The van der Waals surface area contributed by atoms with Gasteiger partial charge in [0.2, 0.25) is 0 Å². The topological polar surface area (TPSA) is 15.3 Å². The lowest BCUT2D eigenvalue weighted by atomic mass is 9.97. The Labute approximate surface area is 122 Å². The van der Waals surface area contributed by atoms with Gasteiger partial charge in [0.25, 0.3) is 0 Å². The molecular formula is C14H21F3N2S. The van der Waals surface area contributed by atoms with Crippen LogP contribution in [0.25, 0.3) is 0 Å². The van der Waals surface area contributed by atoms with Crippen molar-refractivity contribution in [1.82, 2.24) is 10.2 Å². The van der Waals surface area contributed by atoms with Crippen LogP contribution in [-0.2, 0) is 0 Å². The van der Waals surface area contributed by atoms with Crippen molar-refractivity contribution in [1.29, 1.82) is 0 Å². The van der Waals surface area contributed by atoms with E-state index >= 15 is 0 Å². The molecule has 2 nitrogen and oxygen atoms in total. The molecule has 1 aromatic rings. The number of nitrogens with one attached hydrogen (secondary N) is 1. The third-order valence-electron chi connectivity index (χ3n) is 3.82. The minimum atomic E-state index is -4.05. The van der Waals surface area contributed by atoms with Crippen LogP contribution in [0.1, 0.15) is 30.7 Å². The first-order valence-electron chi connectivity index (χ1n) is 7.02. The molecule has 20 heavy (non-hydrogen) atoms. The maximum Gasteiger partial charge on any atom is 0.393 e. The van der Waals surface area contributed by atoms with Crippen LogP contribution in [0.3, 0.4) is 0 Å². The Hall–Kier alpha value is -0.590. The Balaban J connectivity index is 1.71. The van der Waals surface area contributed by atoms with E-state index in [2.05, 4.69) is 18.3 Å². The lowest BCUT2D eigenvalue weighted by Crippen LogP contribution is -2.44. The van der Waals surface area contributed by atoms with E-state index in [1.165, 1.54) is 4.88 Å². The van der Waals surface area contributed by atoms with E-state index in [1.807, 2.05) is 16.3 Å². The second kappa shape index (κ2) is 6.91. The number of alkyl halides is 3. The quantitative estimate of drug-likeness (QED) is 0.893. The van der Waals surface area contributed by atoms with Crippen LogP contribution < -0.4 is 5.32 Å². The predicted octanol–water partition coefficient (Wildman–Crippen LogP) is 3.67. The largest absolute Gasteiger partial charge is 0.393 e. The van der Waals surface area contributed by atoms with E-state index in [0.29, 0.717) is 13.0 Å². The van der Waals surface area contributed by atoms with Gasteiger partial charge < -0.3 is 10.2 Å². The van der Waals surface area contributed by atoms with Crippen molar-refractivity contribution in [2.24, 2.45) is 5.92 Å². The molecule has 1 N–H and O–H groups in total. The molecule has 0 radical (unpaired) electrons. The summed E-state index contributed by atoms with van der Waals surface area (Å²) < 4.78 is 38.1. The van der Waals surface area contributed by atoms with Crippen molar-refractivity contribution in [2.45, 2.75) is 32.0 Å². The first-order valence-corrected chi connectivity index (χ1v) is 7.90. The predicted molar refractivity (Wildman–Crippen MR) is 76.0 cm³/mol. The fourth-order valence-corrected chi connectivity index (χ4v) is 3.36. The molecule has 0 aromatic carbocycles. The third kappa shape index (κ3) is 4.46. The number of nitrogens with zero attached hydrogens (tertiary/aromatic N) is 1. The number of hydrogen-bond acceptors (Lipinski definition) is 3. The molecule has 2 heterocycles. The first-order chi connectivity index (χ1) is 9.47. The van der Waals surface area contributed by atoms with Gasteiger partial charge in [-0.05, 0) is 37.8 Å². The van der Waals surface area contributed by atoms with Gasteiger partial charge in [-0.15, -0.1) is 11.3 Å². The molecular weight excluding hydrogens is 285 g/mol. The summed E-state index contributed by atoms with van der Waals surface area (Å²) in [5, 5.41) is 5.41. The monoisotopic (exact) mass is 306 g/mol. The molecule has 1 fully saturated rings. The summed E-state index contributed by atoms with van der Waals surface area (Å²) in [6.45, 7) is 4.42. The Bertz CT molecular complexity index is 392. The zero-order chi connectivity index (χ0) is 14.6. The van der Waals surface area contributed by atoms with E-state index in [9.17, 15) is 13.2 Å². The minimum Gasteiger partial charge on any atom is -0.308 e. The summed E-state index contributed by atoms with van der Waals surface area (Å²) in [5.41, 5.74) is 0. The highest BCUT2D eigenvalue weighted by molar-refractivity contribution is 7.10. The normalized spacial score (nSPS) is 22.9.